The molecule has 0 radical (unpaired) electrons. The van der Waals surface area contributed by atoms with E-state index in [4.69, 9.17) is 0 Å². The van der Waals surface area contributed by atoms with Crippen molar-refractivity contribution in [1.82, 2.24) is 14.8 Å². The average Bonchev–Trinajstić information content (AvgIpc) is 3.10. The zero-order valence-electron chi connectivity index (χ0n) is 14.9. The summed E-state index contributed by atoms with van der Waals surface area (Å²) in [4.78, 5) is 0. The second-order valence-corrected chi connectivity index (χ2v) is 7.23. The van der Waals surface area contributed by atoms with Crippen LogP contribution in [0.1, 0.15) is 17.0 Å². The Hall–Kier alpha value is -2.99. The van der Waals surface area contributed by atoms with Crippen LogP contribution < -0.4 is 0 Å². The first kappa shape index (κ1) is 18.4. The molecule has 0 aliphatic carbocycles. The van der Waals surface area contributed by atoms with Gasteiger partial charge in [-0.05, 0) is 47.5 Å². The van der Waals surface area contributed by atoms with E-state index >= 15 is 0 Å². The zero-order chi connectivity index (χ0) is 19.3. The van der Waals surface area contributed by atoms with Crippen molar-refractivity contribution >= 4 is 11.8 Å². The smallest absolute Gasteiger partial charge is 0.196 e. The first-order valence-corrected chi connectivity index (χ1v) is 9.79. The number of thioether (sulfide) groups is 1. The number of hydrogen-bond donors (Lipinski definition) is 0. The van der Waals surface area contributed by atoms with Crippen LogP contribution >= 0.6 is 11.8 Å². The summed E-state index contributed by atoms with van der Waals surface area (Å²) in [7, 11) is 0. The minimum Gasteiger partial charge on any atom is -0.274 e. The lowest BCUT2D eigenvalue weighted by Gasteiger charge is -2.10. The van der Waals surface area contributed by atoms with Gasteiger partial charge in [0.25, 0.3) is 0 Å². The van der Waals surface area contributed by atoms with Gasteiger partial charge in [-0.15, -0.1) is 10.2 Å². The summed E-state index contributed by atoms with van der Waals surface area (Å²) in [6, 6.07) is 22.7. The predicted octanol–water partition coefficient (Wildman–Crippen LogP) is 5.43. The number of halogens is 2. The van der Waals surface area contributed by atoms with Crippen molar-refractivity contribution in [2.75, 3.05) is 0 Å². The molecule has 0 saturated carbocycles. The molecular formula is C22H17F2N3S. The summed E-state index contributed by atoms with van der Waals surface area (Å²) in [6.07, 6.45) is 0.603. The van der Waals surface area contributed by atoms with Gasteiger partial charge in [-0.25, -0.2) is 8.78 Å². The monoisotopic (exact) mass is 393 g/mol. The third kappa shape index (κ3) is 4.28. The number of aromatic nitrogens is 3. The number of hydrogen-bond acceptors (Lipinski definition) is 3. The molecule has 0 bridgehead atoms. The second kappa shape index (κ2) is 8.35. The quantitative estimate of drug-likeness (QED) is 0.409. The van der Waals surface area contributed by atoms with Crippen molar-refractivity contribution in [3.05, 3.63) is 107 Å². The Morgan fingerprint density at radius 2 is 1.50 bits per heavy atom. The minimum absolute atomic E-state index is 0.261. The van der Waals surface area contributed by atoms with Gasteiger partial charge in [0, 0.05) is 17.9 Å². The van der Waals surface area contributed by atoms with Gasteiger partial charge in [0.1, 0.15) is 17.5 Å². The van der Waals surface area contributed by atoms with Crippen LogP contribution in [0.3, 0.4) is 0 Å². The molecule has 0 aliphatic heterocycles. The highest BCUT2D eigenvalue weighted by atomic mass is 32.2. The van der Waals surface area contributed by atoms with Crippen molar-refractivity contribution in [2.45, 2.75) is 17.3 Å². The van der Waals surface area contributed by atoms with Gasteiger partial charge in [0.05, 0.1) is 0 Å². The molecule has 0 unspecified atom stereocenters. The van der Waals surface area contributed by atoms with E-state index < -0.39 is 0 Å². The molecular weight excluding hydrogens is 376 g/mol. The molecule has 3 aromatic carbocycles. The Kier molecular flexibility index (Phi) is 5.48. The van der Waals surface area contributed by atoms with Gasteiger partial charge < -0.3 is 0 Å². The van der Waals surface area contributed by atoms with E-state index in [-0.39, 0.29) is 11.6 Å². The molecule has 28 heavy (non-hydrogen) atoms. The Labute approximate surface area is 166 Å². The normalized spacial score (nSPS) is 10.9. The van der Waals surface area contributed by atoms with Crippen molar-refractivity contribution in [3.8, 4) is 5.69 Å². The van der Waals surface area contributed by atoms with E-state index in [1.54, 1.807) is 18.2 Å². The summed E-state index contributed by atoms with van der Waals surface area (Å²) < 4.78 is 28.8. The van der Waals surface area contributed by atoms with Gasteiger partial charge in [-0.2, -0.15) is 0 Å². The highest BCUT2D eigenvalue weighted by molar-refractivity contribution is 7.98. The summed E-state index contributed by atoms with van der Waals surface area (Å²) in [5.74, 6) is 0.764. The van der Waals surface area contributed by atoms with Gasteiger partial charge in [-0.3, -0.25) is 4.57 Å². The molecule has 4 rings (SSSR count). The fraction of sp³-hybridized carbons (Fsp3) is 0.0909. The number of benzene rings is 3. The van der Waals surface area contributed by atoms with Crippen LogP contribution in [-0.4, -0.2) is 14.8 Å². The molecule has 0 N–H and O–H groups in total. The summed E-state index contributed by atoms with van der Waals surface area (Å²) in [6.45, 7) is 0. The van der Waals surface area contributed by atoms with Crippen molar-refractivity contribution < 1.29 is 8.78 Å². The van der Waals surface area contributed by atoms with E-state index in [0.29, 0.717) is 17.3 Å². The second-order valence-electron chi connectivity index (χ2n) is 6.29. The van der Waals surface area contributed by atoms with E-state index in [2.05, 4.69) is 10.2 Å². The first-order valence-electron chi connectivity index (χ1n) is 8.80. The molecule has 1 aromatic heterocycles. The lowest BCUT2D eigenvalue weighted by molar-refractivity contribution is 0.626. The van der Waals surface area contributed by atoms with E-state index in [1.165, 1.54) is 36.0 Å². The molecule has 6 heteroatoms. The molecule has 0 atom stereocenters. The SMILES string of the molecule is Fc1ccc(-n2c(Cc3ccccc3)nnc2SCc2cccc(F)c2)cc1. The first-order chi connectivity index (χ1) is 13.7. The fourth-order valence-corrected chi connectivity index (χ4v) is 3.82. The third-order valence-electron chi connectivity index (χ3n) is 4.25. The standard InChI is InChI=1S/C22H17F2N3S/c23-18-9-11-20(12-10-18)27-21(14-16-5-2-1-3-6-16)25-26-22(27)28-15-17-7-4-8-19(24)13-17/h1-13H,14-15H2. The highest BCUT2D eigenvalue weighted by Crippen LogP contribution is 2.26. The van der Waals surface area contributed by atoms with Crippen LogP contribution in [0.4, 0.5) is 8.78 Å². The van der Waals surface area contributed by atoms with E-state index in [9.17, 15) is 8.78 Å². The predicted molar refractivity (Wildman–Crippen MR) is 107 cm³/mol. The lowest BCUT2D eigenvalue weighted by Crippen LogP contribution is -2.04. The minimum atomic E-state index is -0.296. The largest absolute Gasteiger partial charge is 0.274 e. The van der Waals surface area contributed by atoms with Crippen molar-refractivity contribution in [3.63, 3.8) is 0 Å². The van der Waals surface area contributed by atoms with Crippen LogP contribution in [0.2, 0.25) is 0 Å². The Morgan fingerprint density at radius 3 is 2.25 bits per heavy atom. The summed E-state index contributed by atoms with van der Waals surface area (Å²) in [5, 5.41) is 9.38. The maximum Gasteiger partial charge on any atom is 0.196 e. The highest BCUT2D eigenvalue weighted by Gasteiger charge is 2.15. The average molecular weight is 393 g/mol. The number of rotatable bonds is 6. The Morgan fingerprint density at radius 1 is 0.750 bits per heavy atom. The summed E-state index contributed by atoms with van der Waals surface area (Å²) in [5.41, 5.74) is 2.77. The van der Waals surface area contributed by atoms with Gasteiger partial charge in [-0.1, -0.05) is 54.2 Å². The summed E-state index contributed by atoms with van der Waals surface area (Å²) >= 11 is 1.47. The van der Waals surface area contributed by atoms with Crippen LogP contribution in [0.15, 0.2) is 84.0 Å². The molecule has 0 saturated heterocycles. The molecule has 0 fully saturated rings. The Bertz CT molecular complexity index is 1060. The van der Waals surface area contributed by atoms with Crippen LogP contribution in [0, 0.1) is 11.6 Å². The molecule has 4 aromatic rings. The zero-order valence-corrected chi connectivity index (χ0v) is 15.7. The molecule has 0 spiro atoms. The van der Waals surface area contributed by atoms with E-state index in [0.717, 1.165) is 22.6 Å². The van der Waals surface area contributed by atoms with Crippen LogP contribution in [-0.2, 0) is 12.2 Å². The molecule has 0 amide bonds. The fourth-order valence-electron chi connectivity index (χ4n) is 2.91. The third-order valence-corrected chi connectivity index (χ3v) is 5.25. The topological polar surface area (TPSA) is 30.7 Å². The molecule has 0 aliphatic rings. The molecule has 140 valence electrons. The van der Waals surface area contributed by atoms with Crippen LogP contribution in [0.5, 0.6) is 0 Å². The van der Waals surface area contributed by atoms with E-state index in [1.807, 2.05) is 41.0 Å². The molecule has 3 nitrogen and oxygen atoms in total. The van der Waals surface area contributed by atoms with Crippen molar-refractivity contribution in [1.29, 1.82) is 0 Å². The number of nitrogens with zero attached hydrogens (tertiary/aromatic N) is 3. The molecule has 1 heterocycles. The lowest BCUT2D eigenvalue weighted by atomic mass is 10.1. The van der Waals surface area contributed by atoms with Gasteiger partial charge >= 0.3 is 0 Å². The van der Waals surface area contributed by atoms with Crippen molar-refractivity contribution in [2.24, 2.45) is 0 Å². The van der Waals surface area contributed by atoms with Crippen LogP contribution in [0.25, 0.3) is 5.69 Å². The van der Waals surface area contributed by atoms with Gasteiger partial charge in [0.15, 0.2) is 5.16 Å². The van der Waals surface area contributed by atoms with Gasteiger partial charge in [0.2, 0.25) is 0 Å². The Balaban J connectivity index is 1.66. The maximum atomic E-state index is 13.4. The maximum absolute atomic E-state index is 13.4.